The zero-order chi connectivity index (χ0) is 15.9. The van der Waals surface area contributed by atoms with Crippen molar-refractivity contribution in [3.8, 4) is 28.7 Å². The van der Waals surface area contributed by atoms with Crippen LogP contribution in [0.25, 0.3) is 6.08 Å². The fourth-order valence-corrected chi connectivity index (χ4v) is 2.21. The lowest BCUT2D eigenvalue weighted by Crippen LogP contribution is -2.00. The summed E-state index contributed by atoms with van der Waals surface area (Å²) in [5.41, 5.74) is 0.712. The number of rotatable bonds is 2. The maximum Gasteiger partial charge on any atom is 0.235 e. The Hall–Kier alpha value is -3.15. The van der Waals surface area contributed by atoms with Gasteiger partial charge in [0.1, 0.15) is 22.8 Å². The molecule has 0 aromatic heterocycles. The molecule has 1 aliphatic heterocycles. The smallest absolute Gasteiger partial charge is 0.235 e. The highest BCUT2D eigenvalue weighted by Gasteiger charge is 2.31. The number of benzene rings is 2. The molecule has 0 aliphatic carbocycles. The van der Waals surface area contributed by atoms with Crippen LogP contribution in [0, 0.1) is 0 Å². The topological polar surface area (TPSA) is 96.2 Å². The van der Waals surface area contributed by atoms with Crippen LogP contribution >= 0.6 is 0 Å². The second-order valence-electron chi connectivity index (χ2n) is 4.71. The number of hydrogen-bond acceptors (Lipinski definition) is 6. The summed E-state index contributed by atoms with van der Waals surface area (Å²) in [5.74, 6) is -0.563. The van der Waals surface area contributed by atoms with Crippen LogP contribution in [-0.2, 0) is 0 Å². The third kappa shape index (κ3) is 2.20. The third-order valence-corrected chi connectivity index (χ3v) is 3.24. The van der Waals surface area contributed by atoms with Gasteiger partial charge in [0.25, 0.3) is 0 Å². The summed E-state index contributed by atoms with van der Waals surface area (Å²) in [5, 5.41) is 28.3. The predicted molar refractivity (Wildman–Crippen MR) is 77.4 cm³/mol. The van der Waals surface area contributed by atoms with Crippen LogP contribution in [0.4, 0.5) is 0 Å². The van der Waals surface area contributed by atoms with Crippen LogP contribution in [0.1, 0.15) is 15.9 Å². The van der Waals surface area contributed by atoms with Gasteiger partial charge < -0.3 is 24.8 Å². The number of methoxy groups -OCH3 is 1. The van der Waals surface area contributed by atoms with E-state index in [1.807, 2.05) is 0 Å². The average Bonchev–Trinajstić information content (AvgIpc) is 2.78. The fraction of sp³-hybridized carbons (Fsp3) is 0.0625. The second kappa shape index (κ2) is 5.00. The Morgan fingerprint density at radius 2 is 1.86 bits per heavy atom. The standard InChI is InChI=1S/C16H12O6/c1-21-12-6-9(17)7-13-15(12)16(20)14(22-13)5-8-2-3-10(18)11(19)4-8/h2-7,17-19H,1H3. The molecule has 2 aromatic carbocycles. The number of phenols is 3. The SMILES string of the molecule is COc1cc(O)cc2c1C(=O)C(=Cc1ccc(O)c(O)c1)O2. The molecule has 0 bridgehead atoms. The van der Waals surface area contributed by atoms with E-state index in [2.05, 4.69) is 0 Å². The van der Waals surface area contributed by atoms with E-state index in [0.29, 0.717) is 5.56 Å². The Labute approximate surface area is 125 Å². The van der Waals surface area contributed by atoms with Crippen LogP contribution in [0.5, 0.6) is 28.7 Å². The molecule has 0 radical (unpaired) electrons. The Kier molecular flexibility index (Phi) is 3.14. The number of carbonyl (C=O) groups is 1. The highest BCUT2D eigenvalue weighted by Crippen LogP contribution is 2.41. The van der Waals surface area contributed by atoms with Gasteiger partial charge in [-0.15, -0.1) is 0 Å². The van der Waals surface area contributed by atoms with Crippen LogP contribution in [0.15, 0.2) is 36.1 Å². The summed E-state index contributed by atoms with van der Waals surface area (Å²) in [6.07, 6.45) is 1.43. The van der Waals surface area contributed by atoms with Gasteiger partial charge in [0.2, 0.25) is 5.78 Å². The summed E-state index contributed by atoms with van der Waals surface area (Å²) in [6, 6.07) is 6.79. The number of fused-ring (bicyclic) bond motifs is 1. The Bertz CT molecular complexity index is 807. The monoisotopic (exact) mass is 300 g/mol. The van der Waals surface area contributed by atoms with Gasteiger partial charge in [0.05, 0.1) is 7.11 Å². The number of carbonyl (C=O) groups excluding carboxylic acids is 1. The molecule has 1 heterocycles. The van der Waals surface area contributed by atoms with Crippen molar-refractivity contribution in [2.45, 2.75) is 0 Å². The molecule has 0 unspecified atom stereocenters. The van der Waals surface area contributed by atoms with Crippen LogP contribution in [0.2, 0.25) is 0 Å². The molecule has 3 N–H and O–H groups in total. The number of hydrogen-bond donors (Lipinski definition) is 3. The maximum absolute atomic E-state index is 12.4. The molecular formula is C16H12O6. The van der Waals surface area contributed by atoms with Crippen molar-refractivity contribution in [3.63, 3.8) is 0 Å². The van der Waals surface area contributed by atoms with Gasteiger partial charge in [-0.1, -0.05) is 6.07 Å². The van der Waals surface area contributed by atoms with Gasteiger partial charge in [-0.05, 0) is 23.8 Å². The molecule has 1 aliphatic rings. The maximum atomic E-state index is 12.4. The molecule has 6 heteroatoms. The zero-order valence-corrected chi connectivity index (χ0v) is 11.5. The quantitative estimate of drug-likeness (QED) is 0.582. The molecular weight excluding hydrogens is 288 g/mol. The van der Waals surface area contributed by atoms with Crippen molar-refractivity contribution in [3.05, 3.63) is 47.2 Å². The van der Waals surface area contributed by atoms with E-state index in [1.165, 1.54) is 43.5 Å². The summed E-state index contributed by atoms with van der Waals surface area (Å²) >= 11 is 0. The molecule has 3 rings (SSSR count). The van der Waals surface area contributed by atoms with Gasteiger partial charge in [0.15, 0.2) is 17.3 Å². The fourth-order valence-electron chi connectivity index (χ4n) is 2.21. The molecule has 112 valence electrons. The number of ether oxygens (including phenoxy) is 2. The van der Waals surface area contributed by atoms with E-state index >= 15 is 0 Å². The van der Waals surface area contributed by atoms with Crippen molar-refractivity contribution in [1.29, 1.82) is 0 Å². The summed E-state index contributed by atoms with van der Waals surface area (Å²) in [4.78, 5) is 12.4. The summed E-state index contributed by atoms with van der Waals surface area (Å²) < 4.78 is 10.5. The Morgan fingerprint density at radius 3 is 2.55 bits per heavy atom. The van der Waals surface area contributed by atoms with Crippen LogP contribution in [-0.4, -0.2) is 28.2 Å². The van der Waals surface area contributed by atoms with E-state index < -0.39 is 0 Å². The van der Waals surface area contributed by atoms with Gasteiger partial charge in [0, 0.05) is 12.1 Å². The van der Waals surface area contributed by atoms with Crippen molar-refractivity contribution >= 4 is 11.9 Å². The number of Topliss-reactive ketones (excluding diaryl/α,β-unsaturated/α-hetero) is 1. The zero-order valence-electron chi connectivity index (χ0n) is 11.5. The number of phenolic OH excluding ortho intramolecular Hbond substituents is 3. The molecule has 2 aromatic rings. The lowest BCUT2D eigenvalue weighted by molar-refractivity contribution is 0.101. The van der Waals surface area contributed by atoms with Gasteiger partial charge in [-0.3, -0.25) is 4.79 Å². The molecule has 0 spiro atoms. The molecule has 0 amide bonds. The lowest BCUT2D eigenvalue weighted by Gasteiger charge is -2.04. The first kappa shape index (κ1) is 13.8. The first-order chi connectivity index (χ1) is 10.5. The summed E-state index contributed by atoms with van der Waals surface area (Å²) in [7, 11) is 1.39. The van der Waals surface area contributed by atoms with Gasteiger partial charge >= 0.3 is 0 Å². The minimum Gasteiger partial charge on any atom is -0.508 e. The largest absolute Gasteiger partial charge is 0.508 e. The second-order valence-corrected chi connectivity index (χ2v) is 4.71. The van der Waals surface area contributed by atoms with Crippen molar-refractivity contribution in [2.24, 2.45) is 0 Å². The first-order valence-corrected chi connectivity index (χ1v) is 6.37. The van der Waals surface area contributed by atoms with E-state index in [0.717, 1.165) is 0 Å². The van der Waals surface area contributed by atoms with Crippen LogP contribution in [0.3, 0.4) is 0 Å². The number of ketones is 1. The first-order valence-electron chi connectivity index (χ1n) is 6.37. The Morgan fingerprint density at radius 1 is 1.09 bits per heavy atom. The lowest BCUT2D eigenvalue weighted by atomic mass is 10.1. The van der Waals surface area contributed by atoms with Crippen molar-refractivity contribution in [2.75, 3.05) is 7.11 Å². The van der Waals surface area contributed by atoms with Crippen molar-refractivity contribution in [1.82, 2.24) is 0 Å². The van der Waals surface area contributed by atoms with E-state index in [4.69, 9.17) is 9.47 Å². The minimum atomic E-state index is -0.389. The molecule has 22 heavy (non-hydrogen) atoms. The normalized spacial score (nSPS) is 14.8. The molecule has 0 fully saturated rings. The third-order valence-electron chi connectivity index (χ3n) is 3.24. The molecule has 0 atom stereocenters. The van der Waals surface area contributed by atoms with Gasteiger partial charge in [-0.25, -0.2) is 0 Å². The van der Waals surface area contributed by atoms with E-state index in [9.17, 15) is 20.1 Å². The highest BCUT2D eigenvalue weighted by atomic mass is 16.5. The molecule has 0 saturated heterocycles. The van der Waals surface area contributed by atoms with Crippen LogP contribution < -0.4 is 9.47 Å². The number of allylic oxidation sites excluding steroid dienone is 1. The molecule has 6 nitrogen and oxygen atoms in total. The van der Waals surface area contributed by atoms with E-state index in [1.54, 1.807) is 0 Å². The number of aromatic hydroxyl groups is 3. The molecule has 0 saturated carbocycles. The minimum absolute atomic E-state index is 0.0315. The van der Waals surface area contributed by atoms with Gasteiger partial charge in [-0.2, -0.15) is 0 Å². The average molecular weight is 300 g/mol. The predicted octanol–water partition coefficient (Wildman–Crippen LogP) is 2.43. The summed E-state index contributed by atoms with van der Waals surface area (Å²) in [6.45, 7) is 0. The highest BCUT2D eigenvalue weighted by molar-refractivity contribution is 6.16. The van der Waals surface area contributed by atoms with E-state index in [-0.39, 0.29) is 45.9 Å². The Balaban J connectivity index is 2.03. The van der Waals surface area contributed by atoms with Crippen molar-refractivity contribution < 1.29 is 29.6 Å².